The molecule has 1 aliphatic heterocycles. The van der Waals surface area contributed by atoms with Gasteiger partial charge in [-0.3, -0.25) is 9.59 Å². The van der Waals surface area contributed by atoms with E-state index in [1.54, 1.807) is 18.1 Å². The van der Waals surface area contributed by atoms with E-state index in [1.807, 2.05) is 5.38 Å². The average molecular weight is 283 g/mol. The fourth-order valence-corrected chi connectivity index (χ4v) is 3.17. The maximum Gasteiger partial charge on any atom is 0.303 e. The van der Waals surface area contributed by atoms with E-state index in [-0.39, 0.29) is 18.2 Å². The van der Waals surface area contributed by atoms with E-state index in [4.69, 9.17) is 9.84 Å². The summed E-state index contributed by atoms with van der Waals surface area (Å²) in [6.07, 6.45) is 1.71. The molecular weight excluding hydrogens is 266 g/mol. The van der Waals surface area contributed by atoms with Gasteiger partial charge in [0, 0.05) is 19.5 Å². The topological polar surface area (TPSA) is 66.8 Å². The number of aliphatic carboxylic acids is 1. The summed E-state index contributed by atoms with van der Waals surface area (Å²) in [6, 6.07) is 1.79. The number of carbonyl (C=O) groups is 2. The van der Waals surface area contributed by atoms with Gasteiger partial charge in [0.25, 0.3) is 5.91 Å². The molecule has 0 bridgehead atoms. The van der Waals surface area contributed by atoms with Crippen LogP contribution in [0.4, 0.5) is 0 Å². The molecule has 6 heteroatoms. The number of rotatable bonds is 4. The molecule has 0 spiro atoms. The van der Waals surface area contributed by atoms with Crippen LogP contribution in [0.2, 0.25) is 0 Å². The third-order valence-electron chi connectivity index (χ3n) is 3.41. The molecule has 104 valence electrons. The molecule has 1 aromatic rings. The van der Waals surface area contributed by atoms with Crippen LogP contribution in [0.3, 0.4) is 0 Å². The van der Waals surface area contributed by atoms with Gasteiger partial charge in [-0.25, -0.2) is 0 Å². The highest BCUT2D eigenvalue weighted by atomic mass is 32.1. The summed E-state index contributed by atoms with van der Waals surface area (Å²) >= 11 is 1.38. The van der Waals surface area contributed by atoms with Crippen molar-refractivity contribution < 1.29 is 19.4 Å². The second-order valence-electron chi connectivity index (χ2n) is 4.65. The number of piperidine rings is 1. The molecule has 1 fully saturated rings. The highest BCUT2D eigenvalue weighted by Gasteiger charge is 2.27. The first kappa shape index (κ1) is 13.9. The molecule has 2 rings (SSSR count). The maximum absolute atomic E-state index is 12.3. The number of carbonyl (C=O) groups excluding carboxylic acids is 1. The fourth-order valence-electron chi connectivity index (χ4n) is 2.34. The van der Waals surface area contributed by atoms with Crippen molar-refractivity contribution in [2.45, 2.75) is 19.3 Å². The summed E-state index contributed by atoms with van der Waals surface area (Å²) in [6.45, 7) is 1.25. The molecule has 0 aromatic carbocycles. The van der Waals surface area contributed by atoms with Crippen molar-refractivity contribution in [1.82, 2.24) is 4.90 Å². The normalized spacial score (nSPS) is 16.4. The molecule has 1 N–H and O–H groups in total. The number of methoxy groups -OCH3 is 1. The molecule has 1 saturated heterocycles. The molecular formula is C13H17NO4S. The van der Waals surface area contributed by atoms with Gasteiger partial charge in [0.2, 0.25) is 0 Å². The molecule has 0 radical (unpaired) electrons. The molecule has 0 saturated carbocycles. The summed E-state index contributed by atoms with van der Waals surface area (Å²) < 4.78 is 5.16. The van der Waals surface area contributed by atoms with Crippen molar-refractivity contribution in [1.29, 1.82) is 0 Å². The number of carboxylic acid groups (broad SMARTS) is 1. The number of nitrogens with zero attached hydrogens (tertiary/aromatic N) is 1. The van der Waals surface area contributed by atoms with E-state index in [0.717, 1.165) is 12.8 Å². The summed E-state index contributed by atoms with van der Waals surface area (Å²) in [5, 5.41) is 10.6. The van der Waals surface area contributed by atoms with Crippen LogP contribution in [0.1, 0.15) is 28.9 Å². The Hall–Kier alpha value is -1.56. The van der Waals surface area contributed by atoms with Crippen molar-refractivity contribution in [3.63, 3.8) is 0 Å². The first-order valence-electron chi connectivity index (χ1n) is 6.24. The smallest absolute Gasteiger partial charge is 0.303 e. The van der Waals surface area contributed by atoms with Crippen LogP contribution >= 0.6 is 11.3 Å². The van der Waals surface area contributed by atoms with E-state index < -0.39 is 5.97 Å². The monoisotopic (exact) mass is 283 g/mol. The van der Waals surface area contributed by atoms with Crippen molar-refractivity contribution in [3.8, 4) is 5.75 Å². The molecule has 19 heavy (non-hydrogen) atoms. The lowest BCUT2D eigenvalue weighted by atomic mass is 9.93. The SMILES string of the molecule is COc1ccsc1C(=O)N1CCC(CC(=O)O)CC1. The Morgan fingerprint density at radius 1 is 1.47 bits per heavy atom. The van der Waals surface area contributed by atoms with Crippen LogP contribution in [0, 0.1) is 5.92 Å². The quantitative estimate of drug-likeness (QED) is 0.918. The minimum absolute atomic E-state index is 0.0133. The number of thiophene rings is 1. The number of ether oxygens (including phenoxy) is 1. The largest absolute Gasteiger partial charge is 0.495 e. The first-order chi connectivity index (χ1) is 9.11. The van der Waals surface area contributed by atoms with Crippen molar-refractivity contribution in [3.05, 3.63) is 16.3 Å². The van der Waals surface area contributed by atoms with E-state index in [2.05, 4.69) is 0 Å². The zero-order valence-electron chi connectivity index (χ0n) is 10.8. The van der Waals surface area contributed by atoms with Gasteiger partial charge in [-0.05, 0) is 30.2 Å². The van der Waals surface area contributed by atoms with Gasteiger partial charge in [0.15, 0.2) is 0 Å². The average Bonchev–Trinajstić information content (AvgIpc) is 2.86. The highest BCUT2D eigenvalue weighted by molar-refractivity contribution is 7.12. The van der Waals surface area contributed by atoms with Crippen molar-refractivity contribution in [2.24, 2.45) is 5.92 Å². The van der Waals surface area contributed by atoms with Gasteiger partial charge < -0.3 is 14.7 Å². The van der Waals surface area contributed by atoms with Gasteiger partial charge in [0.05, 0.1) is 7.11 Å². The first-order valence-corrected chi connectivity index (χ1v) is 7.12. The van der Waals surface area contributed by atoms with Crippen LogP contribution in [0.5, 0.6) is 5.75 Å². The maximum atomic E-state index is 12.3. The zero-order chi connectivity index (χ0) is 13.8. The Balaban J connectivity index is 1.94. The van der Waals surface area contributed by atoms with Gasteiger partial charge in [-0.1, -0.05) is 0 Å². The lowest BCUT2D eigenvalue weighted by Crippen LogP contribution is -2.38. The number of amides is 1. The summed E-state index contributed by atoms with van der Waals surface area (Å²) in [4.78, 5) is 25.4. The predicted molar refractivity (Wildman–Crippen MR) is 71.8 cm³/mol. The summed E-state index contributed by atoms with van der Waals surface area (Å²) in [7, 11) is 1.55. The Morgan fingerprint density at radius 2 is 2.16 bits per heavy atom. The minimum Gasteiger partial charge on any atom is -0.495 e. The Bertz CT molecular complexity index is 463. The second kappa shape index (κ2) is 6.06. The molecule has 5 nitrogen and oxygen atoms in total. The number of hydrogen-bond acceptors (Lipinski definition) is 4. The van der Waals surface area contributed by atoms with Crippen LogP contribution in [-0.4, -0.2) is 42.1 Å². The molecule has 0 atom stereocenters. The van der Waals surface area contributed by atoms with Gasteiger partial charge in [0.1, 0.15) is 10.6 Å². The third-order valence-corrected chi connectivity index (χ3v) is 4.29. The van der Waals surface area contributed by atoms with Crippen molar-refractivity contribution >= 4 is 23.2 Å². The Morgan fingerprint density at radius 3 is 2.74 bits per heavy atom. The van der Waals surface area contributed by atoms with E-state index >= 15 is 0 Å². The van der Waals surface area contributed by atoms with Crippen LogP contribution in [0.15, 0.2) is 11.4 Å². The van der Waals surface area contributed by atoms with Gasteiger partial charge >= 0.3 is 5.97 Å². The van der Waals surface area contributed by atoms with Crippen LogP contribution in [0.25, 0.3) is 0 Å². The van der Waals surface area contributed by atoms with Crippen LogP contribution in [-0.2, 0) is 4.79 Å². The number of likely N-dealkylation sites (tertiary alicyclic amines) is 1. The summed E-state index contributed by atoms with van der Waals surface area (Å²) in [5.41, 5.74) is 0. The molecule has 1 amide bonds. The third kappa shape index (κ3) is 3.26. The van der Waals surface area contributed by atoms with Crippen molar-refractivity contribution in [2.75, 3.05) is 20.2 Å². The highest BCUT2D eigenvalue weighted by Crippen LogP contribution is 2.28. The van der Waals surface area contributed by atoms with Gasteiger partial charge in [-0.15, -0.1) is 11.3 Å². The molecule has 2 heterocycles. The number of carboxylic acids is 1. The van der Waals surface area contributed by atoms with E-state index in [1.165, 1.54) is 11.3 Å². The standard InChI is InChI=1S/C13H17NO4S/c1-18-10-4-7-19-12(10)13(17)14-5-2-9(3-6-14)8-11(15)16/h4,7,9H,2-3,5-6,8H2,1H3,(H,15,16). The second-order valence-corrected chi connectivity index (χ2v) is 5.57. The molecule has 0 aliphatic carbocycles. The predicted octanol–water partition coefficient (Wildman–Crippen LogP) is 2.08. The minimum atomic E-state index is -0.760. The molecule has 1 aromatic heterocycles. The zero-order valence-corrected chi connectivity index (χ0v) is 11.6. The number of hydrogen-bond donors (Lipinski definition) is 1. The molecule has 0 unspecified atom stereocenters. The summed E-state index contributed by atoms with van der Waals surface area (Å²) in [5.74, 6) is 0.0276. The lowest BCUT2D eigenvalue weighted by Gasteiger charge is -2.31. The van der Waals surface area contributed by atoms with E-state index in [9.17, 15) is 9.59 Å². The lowest BCUT2D eigenvalue weighted by molar-refractivity contribution is -0.138. The molecule has 1 aliphatic rings. The Kier molecular flexibility index (Phi) is 4.42. The fraction of sp³-hybridized carbons (Fsp3) is 0.538. The van der Waals surface area contributed by atoms with Crippen LogP contribution < -0.4 is 4.74 Å². The Labute approximate surface area is 115 Å². The van der Waals surface area contributed by atoms with Gasteiger partial charge in [-0.2, -0.15) is 0 Å². The van der Waals surface area contributed by atoms with E-state index in [0.29, 0.717) is 23.7 Å².